The molecule has 7 heteroatoms. The second kappa shape index (κ2) is 5.53. The third kappa shape index (κ3) is 2.73. The maximum atomic E-state index is 13.6. The van der Waals surface area contributed by atoms with Crippen molar-refractivity contribution in [3.8, 4) is 11.5 Å². The van der Waals surface area contributed by atoms with Crippen molar-refractivity contribution in [3.05, 3.63) is 34.1 Å². The van der Waals surface area contributed by atoms with Crippen LogP contribution in [0.3, 0.4) is 0 Å². The van der Waals surface area contributed by atoms with Crippen LogP contribution in [-0.2, 0) is 6.42 Å². The Morgan fingerprint density at radius 3 is 2.50 bits per heavy atom. The first-order valence-electron chi connectivity index (χ1n) is 5.29. The highest BCUT2D eigenvalue weighted by Crippen LogP contribution is 2.28. The smallest absolute Gasteiger partial charge is 0.253 e. The van der Waals surface area contributed by atoms with Gasteiger partial charge in [0.2, 0.25) is 5.89 Å². The lowest BCUT2D eigenvalue weighted by Crippen LogP contribution is -2.00. The van der Waals surface area contributed by atoms with Gasteiger partial charge in [-0.2, -0.15) is 0 Å². The third-order valence-electron chi connectivity index (χ3n) is 2.28. The first kappa shape index (κ1) is 13.1. The highest BCUT2D eigenvalue weighted by Gasteiger charge is 2.18. The number of benzene rings is 1. The van der Waals surface area contributed by atoms with Gasteiger partial charge in [0.05, 0.1) is 0 Å². The summed E-state index contributed by atoms with van der Waals surface area (Å²) in [6.45, 7) is 0.485. The van der Waals surface area contributed by atoms with E-state index in [0.29, 0.717) is 29.7 Å². The molecule has 2 N–H and O–H groups in total. The fraction of sp³-hybridized carbons (Fsp3) is 0.273. The molecule has 0 saturated carbocycles. The minimum Gasteiger partial charge on any atom is -0.420 e. The Balaban J connectivity index is 2.34. The second-order valence-corrected chi connectivity index (χ2v) is 4.55. The predicted octanol–water partition coefficient (Wildman–Crippen LogP) is 2.67. The van der Waals surface area contributed by atoms with Crippen LogP contribution in [0, 0.1) is 11.6 Å². The number of hydrogen-bond acceptors (Lipinski definition) is 4. The molecule has 1 aromatic heterocycles. The molecule has 2 rings (SSSR count). The second-order valence-electron chi connectivity index (χ2n) is 3.64. The average molecular weight is 318 g/mol. The molecule has 0 aliphatic carbocycles. The molecule has 0 aliphatic heterocycles. The molecule has 0 unspecified atom stereocenters. The summed E-state index contributed by atoms with van der Waals surface area (Å²) < 4.78 is 32.8. The van der Waals surface area contributed by atoms with E-state index in [0.717, 1.165) is 12.1 Å². The molecule has 0 saturated heterocycles. The van der Waals surface area contributed by atoms with E-state index in [1.807, 2.05) is 0 Å². The monoisotopic (exact) mass is 317 g/mol. The van der Waals surface area contributed by atoms with Gasteiger partial charge in [0, 0.05) is 10.9 Å². The Morgan fingerprint density at radius 1 is 1.22 bits per heavy atom. The number of nitrogens with zero attached hydrogens (tertiary/aromatic N) is 2. The number of aromatic nitrogens is 2. The number of aryl methyl sites for hydroxylation is 1. The summed E-state index contributed by atoms with van der Waals surface area (Å²) in [4.78, 5) is 0. The van der Waals surface area contributed by atoms with Crippen LogP contribution in [0.4, 0.5) is 8.78 Å². The lowest BCUT2D eigenvalue weighted by atomic mass is 10.2. The number of rotatable bonds is 4. The molecule has 0 atom stereocenters. The van der Waals surface area contributed by atoms with Crippen LogP contribution < -0.4 is 5.73 Å². The fourth-order valence-corrected chi connectivity index (χ4v) is 1.86. The molecule has 0 fully saturated rings. The van der Waals surface area contributed by atoms with E-state index in [-0.39, 0.29) is 11.5 Å². The zero-order valence-corrected chi connectivity index (χ0v) is 10.9. The van der Waals surface area contributed by atoms with E-state index in [1.165, 1.54) is 0 Å². The van der Waals surface area contributed by atoms with E-state index in [1.54, 1.807) is 0 Å². The molecule has 18 heavy (non-hydrogen) atoms. The van der Waals surface area contributed by atoms with Crippen molar-refractivity contribution < 1.29 is 13.2 Å². The van der Waals surface area contributed by atoms with Gasteiger partial charge in [0.15, 0.2) is 0 Å². The van der Waals surface area contributed by atoms with Gasteiger partial charge < -0.3 is 10.2 Å². The van der Waals surface area contributed by atoms with Gasteiger partial charge in [-0.25, -0.2) is 8.78 Å². The molecule has 4 nitrogen and oxygen atoms in total. The van der Waals surface area contributed by atoms with Gasteiger partial charge in [-0.1, -0.05) is 15.9 Å². The first-order valence-corrected chi connectivity index (χ1v) is 6.08. The van der Waals surface area contributed by atoms with Gasteiger partial charge in [0.1, 0.15) is 17.2 Å². The summed E-state index contributed by atoms with van der Waals surface area (Å²) in [6, 6.07) is 2.28. The fourth-order valence-electron chi connectivity index (χ4n) is 1.46. The summed E-state index contributed by atoms with van der Waals surface area (Å²) in [5.74, 6) is -1.35. The van der Waals surface area contributed by atoms with Gasteiger partial charge in [-0.3, -0.25) is 0 Å². The number of nitrogens with two attached hydrogens (primary N) is 1. The summed E-state index contributed by atoms with van der Waals surface area (Å²) in [6.07, 6.45) is 1.16. The lowest BCUT2D eigenvalue weighted by Gasteiger charge is -2.00. The summed E-state index contributed by atoms with van der Waals surface area (Å²) in [5.41, 5.74) is 5.03. The maximum absolute atomic E-state index is 13.6. The molecule has 2 aromatic rings. The predicted molar refractivity (Wildman–Crippen MR) is 64.7 cm³/mol. The molecular formula is C11H10BrF2N3O. The summed E-state index contributed by atoms with van der Waals surface area (Å²) in [7, 11) is 0. The lowest BCUT2D eigenvalue weighted by molar-refractivity contribution is 0.489. The summed E-state index contributed by atoms with van der Waals surface area (Å²) >= 11 is 3.00. The molecular weight excluding hydrogens is 308 g/mol. The zero-order chi connectivity index (χ0) is 13.1. The first-order chi connectivity index (χ1) is 8.61. The molecule has 0 radical (unpaired) electrons. The van der Waals surface area contributed by atoms with E-state index < -0.39 is 11.6 Å². The number of hydrogen-bond donors (Lipinski definition) is 1. The molecule has 0 aliphatic rings. The van der Waals surface area contributed by atoms with Crippen molar-refractivity contribution in [2.75, 3.05) is 6.54 Å². The van der Waals surface area contributed by atoms with E-state index >= 15 is 0 Å². The minimum atomic E-state index is -0.754. The highest BCUT2D eigenvalue weighted by atomic mass is 79.9. The Labute approximate surface area is 110 Å². The van der Waals surface area contributed by atoms with Crippen molar-refractivity contribution >= 4 is 15.9 Å². The van der Waals surface area contributed by atoms with Crippen LogP contribution in [0.1, 0.15) is 12.3 Å². The van der Waals surface area contributed by atoms with Gasteiger partial charge in [-0.05, 0) is 25.1 Å². The zero-order valence-electron chi connectivity index (χ0n) is 9.29. The van der Waals surface area contributed by atoms with Gasteiger partial charge >= 0.3 is 0 Å². The normalized spacial score (nSPS) is 10.9. The third-order valence-corrected chi connectivity index (χ3v) is 2.74. The van der Waals surface area contributed by atoms with Crippen LogP contribution in [-0.4, -0.2) is 16.7 Å². The molecule has 96 valence electrons. The van der Waals surface area contributed by atoms with Crippen LogP contribution in [0.2, 0.25) is 0 Å². The molecule has 1 aromatic carbocycles. The Bertz CT molecular complexity index is 536. The van der Waals surface area contributed by atoms with E-state index in [9.17, 15) is 8.78 Å². The maximum Gasteiger partial charge on any atom is 0.253 e. The Kier molecular flexibility index (Phi) is 4.03. The molecule has 1 heterocycles. The van der Waals surface area contributed by atoms with E-state index in [4.69, 9.17) is 10.2 Å². The van der Waals surface area contributed by atoms with Crippen LogP contribution in [0.5, 0.6) is 0 Å². The summed E-state index contributed by atoms with van der Waals surface area (Å²) in [5, 5.41) is 7.36. The van der Waals surface area contributed by atoms with Crippen molar-refractivity contribution in [2.45, 2.75) is 12.8 Å². The van der Waals surface area contributed by atoms with Crippen molar-refractivity contribution in [2.24, 2.45) is 5.73 Å². The Morgan fingerprint density at radius 2 is 1.89 bits per heavy atom. The topological polar surface area (TPSA) is 64.9 Å². The van der Waals surface area contributed by atoms with Crippen molar-refractivity contribution in [1.82, 2.24) is 10.2 Å². The largest absolute Gasteiger partial charge is 0.420 e. The van der Waals surface area contributed by atoms with Crippen molar-refractivity contribution in [3.63, 3.8) is 0 Å². The number of halogens is 3. The van der Waals surface area contributed by atoms with Crippen LogP contribution >= 0.6 is 15.9 Å². The Hall–Kier alpha value is -1.34. The minimum absolute atomic E-state index is 0.162. The molecule has 0 spiro atoms. The SMILES string of the molecule is NCCCc1nnc(-c2c(F)cc(Br)cc2F)o1. The highest BCUT2D eigenvalue weighted by molar-refractivity contribution is 9.10. The van der Waals surface area contributed by atoms with Gasteiger partial charge in [-0.15, -0.1) is 10.2 Å². The standard InChI is InChI=1S/C11H10BrF2N3O/c12-6-4-7(13)10(8(14)5-6)11-17-16-9(18-11)2-1-3-15/h4-5H,1-3,15H2. The average Bonchev–Trinajstić information content (AvgIpc) is 2.73. The quantitative estimate of drug-likeness (QED) is 0.941. The van der Waals surface area contributed by atoms with Crippen LogP contribution in [0.25, 0.3) is 11.5 Å². The molecule has 0 amide bonds. The molecule has 0 bridgehead atoms. The van der Waals surface area contributed by atoms with Gasteiger partial charge in [0.25, 0.3) is 5.89 Å². The van der Waals surface area contributed by atoms with Crippen molar-refractivity contribution in [1.29, 1.82) is 0 Å². The van der Waals surface area contributed by atoms with E-state index in [2.05, 4.69) is 26.1 Å². The van der Waals surface area contributed by atoms with Crippen LogP contribution in [0.15, 0.2) is 21.0 Å².